The van der Waals surface area contributed by atoms with Crippen LogP contribution < -0.4 is 9.80 Å². The van der Waals surface area contributed by atoms with Crippen LogP contribution in [0, 0.1) is 20.8 Å². The molecule has 0 spiro atoms. The highest BCUT2D eigenvalue weighted by Gasteiger charge is 2.48. The highest BCUT2D eigenvalue weighted by atomic mass is 16.2. The topological polar surface area (TPSA) is 87.7 Å². The van der Waals surface area contributed by atoms with Gasteiger partial charge in [-0.15, -0.1) is 0 Å². The molecule has 10 nitrogen and oxygen atoms in total. The van der Waals surface area contributed by atoms with Crippen molar-refractivity contribution in [3.05, 3.63) is 237 Å². The molecule has 7 aromatic rings. The van der Waals surface area contributed by atoms with Gasteiger partial charge in [-0.25, -0.2) is 0 Å². The van der Waals surface area contributed by atoms with Gasteiger partial charge in [0.25, 0.3) is 23.6 Å². The van der Waals surface area contributed by atoms with Crippen molar-refractivity contribution in [2.75, 3.05) is 38.0 Å². The Balaban J connectivity index is 0.919. The molecular weight excluding hydrogens is 905 g/mol. The number of carbonyl (C=O) groups is 4. The zero-order valence-corrected chi connectivity index (χ0v) is 42.2. The third-order valence-electron chi connectivity index (χ3n) is 14.6. The minimum atomic E-state index is -0.277. The predicted octanol–water partition coefficient (Wildman–Crippen LogP) is 12.2. The maximum atomic E-state index is 14.3. The number of benzene rings is 7. The van der Waals surface area contributed by atoms with E-state index in [0.717, 1.165) is 51.7 Å². The molecule has 4 amide bonds. The monoisotopic (exact) mass is 958 g/mol. The Morgan fingerprint density at radius 3 is 0.712 bits per heavy atom. The Morgan fingerprint density at radius 2 is 0.493 bits per heavy atom. The van der Waals surface area contributed by atoms with Crippen molar-refractivity contribution in [3.8, 4) is 0 Å². The summed E-state index contributed by atoms with van der Waals surface area (Å²) in [5.41, 5.74) is 16.9. The molecule has 0 atom stereocenters. The van der Waals surface area contributed by atoms with Crippen molar-refractivity contribution >= 4 is 80.5 Å². The van der Waals surface area contributed by atoms with Crippen LogP contribution in [0.2, 0.25) is 0 Å². The maximum Gasteiger partial charge on any atom is 0.261 e. The summed E-state index contributed by atoms with van der Waals surface area (Å²) < 4.78 is 0. The van der Waals surface area contributed by atoms with E-state index in [9.17, 15) is 19.2 Å². The molecule has 0 radical (unpaired) electrons. The van der Waals surface area contributed by atoms with Crippen molar-refractivity contribution in [2.45, 2.75) is 34.1 Å². The molecule has 0 fully saturated rings. The third-order valence-corrected chi connectivity index (χ3v) is 14.6. The molecule has 0 unspecified atom stereocenters. The molecule has 0 aliphatic carbocycles. The average Bonchev–Trinajstić information content (AvgIpc) is 4.02. The lowest BCUT2D eigenvalue weighted by Crippen LogP contribution is -2.25. The van der Waals surface area contributed by atoms with E-state index >= 15 is 0 Å². The van der Waals surface area contributed by atoms with Crippen LogP contribution in [0.3, 0.4) is 0 Å². The number of aryl methyl sites for hydroxylation is 4. The first-order valence-electron chi connectivity index (χ1n) is 24.5. The number of anilines is 6. The lowest BCUT2D eigenvalue weighted by molar-refractivity contribution is -0.123. The van der Waals surface area contributed by atoms with E-state index in [1.54, 1.807) is 47.8 Å². The van der Waals surface area contributed by atoms with Crippen LogP contribution in [0.4, 0.5) is 34.1 Å². The minimum absolute atomic E-state index is 0.276. The van der Waals surface area contributed by atoms with Crippen LogP contribution in [0.15, 0.2) is 192 Å². The Hall–Kier alpha value is -9.02. The van der Waals surface area contributed by atoms with Crippen LogP contribution in [0.1, 0.15) is 51.4 Å². The van der Waals surface area contributed by atoms with E-state index in [4.69, 9.17) is 0 Å². The van der Waals surface area contributed by atoms with Crippen molar-refractivity contribution < 1.29 is 19.2 Å². The van der Waals surface area contributed by atoms with Crippen molar-refractivity contribution in [1.29, 1.82) is 0 Å². The van der Waals surface area contributed by atoms with Crippen LogP contribution in [0.25, 0.3) is 22.8 Å². The highest BCUT2D eigenvalue weighted by molar-refractivity contribution is 6.31. The van der Waals surface area contributed by atoms with E-state index in [-0.39, 0.29) is 23.6 Å². The molecule has 7 aromatic carbocycles. The molecule has 4 aliphatic rings. The van der Waals surface area contributed by atoms with Gasteiger partial charge in [0, 0.05) is 62.3 Å². The molecule has 73 heavy (non-hydrogen) atoms. The Kier molecular flexibility index (Phi) is 11.4. The molecule has 0 saturated carbocycles. The fourth-order valence-corrected chi connectivity index (χ4v) is 10.6. The van der Waals surface area contributed by atoms with E-state index in [0.29, 0.717) is 56.2 Å². The second-order valence-electron chi connectivity index (χ2n) is 19.2. The number of hydrogen-bond acceptors (Lipinski definition) is 6. The zero-order chi connectivity index (χ0) is 51.0. The molecule has 4 aliphatic heterocycles. The third kappa shape index (κ3) is 7.65. The molecule has 0 bridgehead atoms. The van der Waals surface area contributed by atoms with E-state index in [2.05, 4.69) is 135 Å². The molecule has 0 N–H and O–H groups in total. The number of carbonyl (C=O) groups excluding carboxylic acids is 4. The van der Waals surface area contributed by atoms with Gasteiger partial charge in [0.05, 0.1) is 45.1 Å². The fraction of sp³-hybridized carbons (Fsp3) is 0.143. The van der Waals surface area contributed by atoms with E-state index < -0.39 is 0 Å². The summed E-state index contributed by atoms with van der Waals surface area (Å²) in [5, 5.41) is 0. The number of hydrogen-bond donors (Lipinski definition) is 0. The van der Waals surface area contributed by atoms with Crippen molar-refractivity contribution in [1.82, 2.24) is 19.6 Å². The summed E-state index contributed by atoms with van der Waals surface area (Å²) in [5.74, 6) is -1.10. The fourth-order valence-electron chi connectivity index (χ4n) is 10.6. The zero-order valence-electron chi connectivity index (χ0n) is 42.2. The van der Waals surface area contributed by atoms with Gasteiger partial charge >= 0.3 is 0 Å². The molecule has 11 rings (SSSR count). The normalized spacial score (nSPS) is 15.5. The van der Waals surface area contributed by atoms with Gasteiger partial charge in [0.15, 0.2) is 0 Å². The highest BCUT2D eigenvalue weighted by Crippen LogP contribution is 2.49. The van der Waals surface area contributed by atoms with Crippen LogP contribution >= 0.6 is 0 Å². The standard InChI is InChI=1S/C63H54N6O4/c1-9-41-16-32-49(33-17-41)69(48-30-14-40(4)15-31-48)51-36-24-45(25-37-51)59-55-53(61(71)67(59)8)57(65(6)63(55)73)43-20-18-42(19-21-43)56-52-54(62(72)64(56)5)58(66(7)60(52)70)44-22-34-50(35-23-44)68(46-26-10-38(2)11-27-46)47-28-12-39(3)13-29-47/h10-37H,9H2,1-8H3. The smallest absolute Gasteiger partial charge is 0.261 e. The molecule has 360 valence electrons. The second-order valence-corrected chi connectivity index (χ2v) is 19.2. The van der Waals surface area contributed by atoms with E-state index in [1.807, 2.05) is 72.8 Å². The Bertz CT molecular complexity index is 3510. The van der Waals surface area contributed by atoms with Gasteiger partial charge in [-0.1, -0.05) is 121 Å². The van der Waals surface area contributed by atoms with Crippen LogP contribution in [-0.4, -0.2) is 71.4 Å². The largest absolute Gasteiger partial charge is 0.311 e. The second kappa shape index (κ2) is 18.0. The molecular formula is C63H54N6O4. The summed E-state index contributed by atoms with van der Waals surface area (Å²) in [4.78, 5) is 67.8. The predicted molar refractivity (Wildman–Crippen MR) is 291 cm³/mol. The van der Waals surface area contributed by atoms with Crippen LogP contribution in [-0.2, 0) is 25.6 Å². The van der Waals surface area contributed by atoms with Crippen molar-refractivity contribution in [3.63, 3.8) is 0 Å². The summed E-state index contributed by atoms with van der Waals surface area (Å²) in [6.45, 7) is 8.35. The van der Waals surface area contributed by atoms with Gasteiger partial charge in [0.2, 0.25) is 0 Å². The average molecular weight is 959 g/mol. The number of amides is 4. The summed E-state index contributed by atoms with van der Waals surface area (Å²) in [6.07, 6.45) is 0.946. The Labute approximate surface area is 426 Å². The van der Waals surface area contributed by atoms with Crippen molar-refractivity contribution in [2.24, 2.45) is 0 Å². The van der Waals surface area contributed by atoms with Gasteiger partial charge in [-0.05, 0) is 128 Å². The number of fused-ring (bicyclic) bond motifs is 2. The molecule has 0 saturated heterocycles. The maximum absolute atomic E-state index is 14.3. The number of nitrogens with zero attached hydrogens (tertiary/aromatic N) is 6. The van der Waals surface area contributed by atoms with Gasteiger partial charge < -0.3 is 29.4 Å². The Morgan fingerprint density at radius 1 is 0.301 bits per heavy atom. The number of likely N-dealkylation sites (N-methyl/N-ethyl adjacent to an activating group) is 4. The first-order valence-corrected chi connectivity index (χ1v) is 24.5. The van der Waals surface area contributed by atoms with Gasteiger partial charge in [-0.3, -0.25) is 19.2 Å². The quantitative estimate of drug-likeness (QED) is 0.128. The van der Waals surface area contributed by atoms with Gasteiger partial charge in [-0.2, -0.15) is 0 Å². The summed E-state index contributed by atoms with van der Waals surface area (Å²) in [7, 11) is 6.80. The first kappa shape index (κ1) is 46.4. The van der Waals surface area contributed by atoms with Gasteiger partial charge in [0.1, 0.15) is 0 Å². The summed E-state index contributed by atoms with van der Waals surface area (Å²) in [6, 6.07) is 57.1. The molecule has 10 heteroatoms. The molecule has 4 heterocycles. The molecule has 0 aromatic heterocycles. The van der Waals surface area contributed by atoms with Crippen LogP contribution in [0.5, 0.6) is 0 Å². The van der Waals surface area contributed by atoms with E-state index in [1.165, 1.54) is 22.3 Å². The minimum Gasteiger partial charge on any atom is -0.311 e. The number of rotatable bonds is 11. The SMILES string of the molecule is CCc1ccc(N(c2ccc(C)cc2)c2ccc(C3=C4C(=O)N(C)C(c5ccc(C6=C7C(=O)N(C)C(c8ccc(N(c9ccc(C)cc9)c9ccc(C)cc9)cc8)=C7C(=O)N6C)cc5)=C4C(=O)N3C)cc2)cc1. The summed E-state index contributed by atoms with van der Waals surface area (Å²) >= 11 is 0. The lowest BCUT2D eigenvalue weighted by Gasteiger charge is -2.26. The first-order chi connectivity index (χ1) is 35.2. The lowest BCUT2D eigenvalue weighted by atomic mass is 9.99.